The Bertz CT molecular complexity index is 1060. The maximum absolute atomic E-state index is 13.1. The van der Waals surface area contributed by atoms with E-state index in [1.807, 2.05) is 0 Å². The van der Waals surface area contributed by atoms with E-state index in [1.54, 1.807) is 23.6 Å². The molecule has 0 bridgehead atoms. The number of thiophene rings is 1. The van der Waals surface area contributed by atoms with E-state index in [0.29, 0.717) is 36.4 Å². The Kier molecular flexibility index (Phi) is 5.32. The molecule has 1 atom stereocenters. The van der Waals surface area contributed by atoms with Gasteiger partial charge in [0.1, 0.15) is 9.77 Å². The van der Waals surface area contributed by atoms with Crippen molar-refractivity contribution in [3.63, 3.8) is 0 Å². The van der Waals surface area contributed by atoms with E-state index in [0.717, 1.165) is 11.3 Å². The summed E-state index contributed by atoms with van der Waals surface area (Å²) in [5.41, 5.74) is 0.462. The van der Waals surface area contributed by atoms with E-state index in [9.17, 15) is 18.0 Å². The lowest BCUT2D eigenvalue weighted by Crippen LogP contribution is -2.42. The second kappa shape index (κ2) is 7.77. The van der Waals surface area contributed by atoms with Crippen molar-refractivity contribution in [2.24, 2.45) is 5.92 Å². The fourth-order valence-corrected chi connectivity index (χ4v) is 6.37. The fourth-order valence-electron chi connectivity index (χ4n) is 3.54. The zero-order valence-corrected chi connectivity index (χ0v) is 17.3. The molecule has 1 saturated heterocycles. The molecule has 0 N–H and O–H groups in total. The Hall–Kier alpha value is -2.43. The second-order valence-corrected chi connectivity index (χ2v) is 9.56. The van der Waals surface area contributed by atoms with E-state index < -0.39 is 21.9 Å². The Morgan fingerprint density at radius 1 is 1.21 bits per heavy atom. The Morgan fingerprint density at radius 2 is 2.00 bits per heavy atom. The van der Waals surface area contributed by atoms with Gasteiger partial charge in [0.25, 0.3) is 0 Å². The number of fused-ring (bicyclic) bond motifs is 1. The first-order valence-corrected chi connectivity index (χ1v) is 11.3. The molecular weight excluding hydrogens is 418 g/mol. The number of carbonyl (C=O) groups excluding carboxylic acids is 2. The molecule has 0 amide bonds. The van der Waals surface area contributed by atoms with Crippen LogP contribution in [0.2, 0.25) is 0 Å². The monoisotopic (exact) mass is 437 g/mol. The molecule has 4 rings (SSSR count). The largest absolute Gasteiger partial charge is 0.465 e. The molecule has 0 aliphatic carbocycles. The van der Waals surface area contributed by atoms with Crippen molar-refractivity contribution in [3.8, 4) is 11.5 Å². The van der Waals surface area contributed by atoms with Crippen LogP contribution in [0.5, 0.6) is 11.5 Å². The summed E-state index contributed by atoms with van der Waals surface area (Å²) in [5.74, 6) is -0.205. The number of ether oxygens (including phenoxy) is 3. The summed E-state index contributed by atoms with van der Waals surface area (Å²) in [6, 6.07) is 6.38. The molecule has 10 heteroatoms. The highest BCUT2D eigenvalue weighted by Gasteiger charge is 2.36. The number of ketones is 1. The van der Waals surface area contributed by atoms with E-state index in [4.69, 9.17) is 9.47 Å². The van der Waals surface area contributed by atoms with Gasteiger partial charge in [0.05, 0.1) is 7.11 Å². The number of hydrogen-bond donors (Lipinski definition) is 0. The van der Waals surface area contributed by atoms with Crippen molar-refractivity contribution >= 4 is 33.1 Å². The minimum atomic E-state index is -3.92. The van der Waals surface area contributed by atoms with Gasteiger partial charge in [-0.25, -0.2) is 13.2 Å². The number of methoxy groups -OCH3 is 1. The summed E-state index contributed by atoms with van der Waals surface area (Å²) in [6.45, 7) is 0.474. The van der Waals surface area contributed by atoms with Gasteiger partial charge in [-0.3, -0.25) is 4.79 Å². The van der Waals surface area contributed by atoms with Crippen molar-refractivity contribution in [2.45, 2.75) is 17.7 Å². The number of benzene rings is 1. The molecule has 8 nitrogen and oxygen atoms in total. The lowest BCUT2D eigenvalue weighted by molar-refractivity contribution is 0.0601. The molecule has 3 heterocycles. The number of piperidine rings is 1. The van der Waals surface area contributed by atoms with Gasteiger partial charge in [-0.1, -0.05) is 0 Å². The summed E-state index contributed by atoms with van der Waals surface area (Å²) >= 11 is 1.02. The average Bonchev–Trinajstić information content (AvgIpc) is 3.42. The molecule has 1 fully saturated rings. The molecule has 2 aliphatic heterocycles. The smallest absolute Gasteiger partial charge is 0.349 e. The lowest BCUT2D eigenvalue weighted by Gasteiger charge is -2.31. The third kappa shape index (κ3) is 3.63. The molecule has 1 aromatic carbocycles. The lowest BCUT2D eigenvalue weighted by atomic mass is 9.91. The van der Waals surface area contributed by atoms with Crippen molar-refractivity contribution < 1.29 is 32.2 Å². The van der Waals surface area contributed by atoms with Gasteiger partial charge < -0.3 is 14.2 Å². The number of rotatable bonds is 5. The van der Waals surface area contributed by atoms with Crippen LogP contribution in [-0.2, 0) is 14.8 Å². The standard InChI is InChI=1S/C19H19NO7S2/c1-25-19(22)18-16(6-8-28-18)29(23,24)20-7-2-3-13(10-20)17(21)12-4-5-14-15(9-12)27-11-26-14/h4-6,8-9,13H,2-3,7,10-11H2,1H3/t13-/m0/s1. The van der Waals surface area contributed by atoms with Crippen molar-refractivity contribution in [3.05, 3.63) is 40.1 Å². The molecule has 0 unspecified atom stereocenters. The second-order valence-electron chi connectivity index (χ2n) is 6.74. The predicted molar refractivity (Wildman–Crippen MR) is 104 cm³/mol. The average molecular weight is 437 g/mol. The third-order valence-corrected chi connectivity index (χ3v) is 7.96. The van der Waals surface area contributed by atoms with Crippen molar-refractivity contribution in [2.75, 3.05) is 27.0 Å². The van der Waals surface area contributed by atoms with Gasteiger partial charge >= 0.3 is 5.97 Å². The predicted octanol–water partition coefficient (Wildman–Crippen LogP) is 2.55. The van der Waals surface area contributed by atoms with Crippen LogP contribution in [0, 0.1) is 5.92 Å². The highest BCUT2D eigenvalue weighted by atomic mass is 32.2. The van der Waals surface area contributed by atoms with E-state index in [1.165, 1.54) is 17.5 Å². The Morgan fingerprint density at radius 3 is 2.79 bits per heavy atom. The minimum Gasteiger partial charge on any atom is -0.465 e. The van der Waals surface area contributed by atoms with Crippen molar-refractivity contribution in [1.29, 1.82) is 0 Å². The zero-order valence-electron chi connectivity index (χ0n) is 15.6. The van der Waals surface area contributed by atoms with E-state index in [-0.39, 0.29) is 28.9 Å². The number of carbonyl (C=O) groups is 2. The van der Waals surface area contributed by atoms with Crippen LogP contribution in [-0.4, -0.2) is 51.5 Å². The van der Waals surface area contributed by atoms with Gasteiger partial charge in [-0.15, -0.1) is 11.3 Å². The third-order valence-electron chi connectivity index (χ3n) is 5.03. The molecular formula is C19H19NO7S2. The van der Waals surface area contributed by atoms with Gasteiger partial charge in [-0.05, 0) is 42.5 Å². The number of nitrogens with zero attached hydrogens (tertiary/aromatic N) is 1. The first-order valence-electron chi connectivity index (χ1n) is 9.01. The van der Waals surface area contributed by atoms with Crippen LogP contribution in [0.3, 0.4) is 0 Å². The summed E-state index contributed by atoms with van der Waals surface area (Å²) in [4.78, 5) is 24.9. The van der Waals surface area contributed by atoms with Gasteiger partial charge in [0.2, 0.25) is 16.8 Å². The minimum absolute atomic E-state index is 0.0386. The number of Topliss-reactive ketones (excluding diaryl/α,β-unsaturated/α-hetero) is 1. The quantitative estimate of drug-likeness (QED) is 0.524. The molecule has 154 valence electrons. The highest BCUT2D eigenvalue weighted by molar-refractivity contribution is 7.89. The highest BCUT2D eigenvalue weighted by Crippen LogP contribution is 2.35. The van der Waals surface area contributed by atoms with E-state index in [2.05, 4.69) is 4.74 Å². The van der Waals surface area contributed by atoms with Gasteiger partial charge in [-0.2, -0.15) is 4.31 Å². The first-order chi connectivity index (χ1) is 13.9. The SMILES string of the molecule is COC(=O)c1sccc1S(=O)(=O)N1CCC[C@H](C(=O)c2ccc3c(c2)OCO3)C1. The van der Waals surface area contributed by atoms with Gasteiger partial charge in [0.15, 0.2) is 17.3 Å². The van der Waals surface area contributed by atoms with Crippen molar-refractivity contribution in [1.82, 2.24) is 4.31 Å². The van der Waals surface area contributed by atoms with Crippen LogP contribution in [0.4, 0.5) is 0 Å². The zero-order chi connectivity index (χ0) is 20.6. The number of sulfonamides is 1. The molecule has 0 radical (unpaired) electrons. The maximum atomic E-state index is 13.1. The molecule has 0 saturated carbocycles. The van der Waals surface area contributed by atoms with Crippen LogP contribution < -0.4 is 9.47 Å². The van der Waals surface area contributed by atoms with Gasteiger partial charge in [0, 0.05) is 24.6 Å². The van der Waals surface area contributed by atoms with Crippen LogP contribution >= 0.6 is 11.3 Å². The first kappa shape index (κ1) is 19.9. The number of hydrogen-bond acceptors (Lipinski definition) is 8. The van der Waals surface area contributed by atoms with Crippen LogP contribution in [0.15, 0.2) is 34.5 Å². The summed E-state index contributed by atoms with van der Waals surface area (Å²) in [5, 5.41) is 1.54. The maximum Gasteiger partial charge on any atom is 0.349 e. The number of esters is 1. The van der Waals surface area contributed by atoms with Crippen LogP contribution in [0.25, 0.3) is 0 Å². The summed E-state index contributed by atoms with van der Waals surface area (Å²) in [6.07, 6.45) is 1.14. The normalized spacial score (nSPS) is 19.1. The Balaban J connectivity index is 1.56. The summed E-state index contributed by atoms with van der Waals surface area (Å²) < 4.78 is 42.8. The molecule has 29 heavy (non-hydrogen) atoms. The molecule has 0 spiro atoms. The topological polar surface area (TPSA) is 99.2 Å². The Labute approximate surface area is 172 Å². The molecule has 2 aliphatic rings. The fraction of sp³-hybridized carbons (Fsp3) is 0.368. The summed E-state index contributed by atoms with van der Waals surface area (Å²) in [7, 11) is -2.71. The molecule has 2 aromatic rings. The van der Waals surface area contributed by atoms with Crippen LogP contribution in [0.1, 0.15) is 32.9 Å². The molecule has 1 aromatic heterocycles. The van der Waals surface area contributed by atoms with E-state index >= 15 is 0 Å².